The van der Waals surface area contributed by atoms with Crippen molar-refractivity contribution in [2.75, 3.05) is 17.2 Å². The van der Waals surface area contributed by atoms with Gasteiger partial charge in [-0.05, 0) is 45.9 Å². The zero-order valence-electron chi connectivity index (χ0n) is 14.7. The Morgan fingerprint density at radius 3 is 2.32 bits per heavy atom. The Morgan fingerprint density at radius 1 is 1.28 bits per heavy atom. The van der Waals surface area contributed by atoms with Gasteiger partial charge in [-0.1, -0.05) is 0 Å². The van der Waals surface area contributed by atoms with Crippen molar-refractivity contribution >= 4 is 31.6 Å². The van der Waals surface area contributed by atoms with Crippen molar-refractivity contribution < 1.29 is 26.4 Å². The van der Waals surface area contributed by atoms with Crippen molar-refractivity contribution in [2.24, 2.45) is 5.41 Å². The van der Waals surface area contributed by atoms with E-state index in [1.165, 1.54) is 33.1 Å². The van der Waals surface area contributed by atoms with Crippen LogP contribution in [0.15, 0.2) is 23.1 Å². The minimum absolute atomic E-state index is 0.0273. The van der Waals surface area contributed by atoms with Gasteiger partial charge in [-0.3, -0.25) is 4.79 Å². The van der Waals surface area contributed by atoms with Gasteiger partial charge in [-0.25, -0.2) is 25.9 Å². The first-order valence-electron chi connectivity index (χ1n) is 7.59. The first-order valence-corrected chi connectivity index (χ1v) is 10.7. The molecule has 1 aromatic rings. The summed E-state index contributed by atoms with van der Waals surface area (Å²) in [6.07, 6.45) is 0. The Bertz CT molecular complexity index is 904. The number of benzene rings is 1. The number of nitrogens with zero attached hydrogens (tertiary/aromatic N) is 1. The molecule has 0 aromatic heterocycles. The molecule has 2 rings (SSSR count). The Morgan fingerprint density at radius 2 is 1.88 bits per heavy atom. The summed E-state index contributed by atoms with van der Waals surface area (Å²) < 4.78 is 58.0. The van der Waals surface area contributed by atoms with Crippen LogP contribution in [0.1, 0.15) is 27.7 Å². The molecule has 0 radical (unpaired) electrons. The van der Waals surface area contributed by atoms with E-state index in [4.69, 9.17) is 4.74 Å². The summed E-state index contributed by atoms with van der Waals surface area (Å²) in [5.74, 6) is -0.880. The largest absolute Gasteiger partial charge is 0.495 e. The van der Waals surface area contributed by atoms with E-state index in [0.717, 1.165) is 6.07 Å². The number of ether oxygens (including phenoxy) is 1. The number of methoxy groups -OCH3 is 1. The van der Waals surface area contributed by atoms with E-state index < -0.39 is 31.4 Å². The molecule has 0 atom stereocenters. The number of amides is 1. The molecule has 0 unspecified atom stereocenters. The van der Waals surface area contributed by atoms with Gasteiger partial charge in [0.15, 0.2) is 0 Å². The lowest BCUT2D eigenvalue weighted by atomic mass is 9.95. The minimum atomic E-state index is -3.95. The number of anilines is 1. The van der Waals surface area contributed by atoms with E-state index in [1.54, 1.807) is 13.8 Å². The molecule has 1 aliphatic rings. The number of hydrogen-bond acceptors (Lipinski definition) is 6. The molecule has 0 saturated carbocycles. The predicted molar refractivity (Wildman–Crippen MR) is 93.5 cm³/mol. The second kappa shape index (κ2) is 6.26. The topological polar surface area (TPSA) is 110 Å². The van der Waals surface area contributed by atoms with Crippen LogP contribution in [0.4, 0.5) is 5.69 Å². The van der Waals surface area contributed by atoms with Crippen molar-refractivity contribution in [3.05, 3.63) is 18.2 Å². The third-order valence-corrected chi connectivity index (χ3v) is 7.35. The molecule has 1 saturated heterocycles. The summed E-state index contributed by atoms with van der Waals surface area (Å²) in [6.45, 7) is 6.39. The van der Waals surface area contributed by atoms with Gasteiger partial charge in [-0.15, -0.1) is 0 Å². The molecule has 25 heavy (non-hydrogen) atoms. The van der Waals surface area contributed by atoms with Crippen LogP contribution in [0, 0.1) is 5.41 Å². The number of nitrogens with one attached hydrogen (secondary N) is 1. The summed E-state index contributed by atoms with van der Waals surface area (Å²) in [7, 11) is -6.51. The first kappa shape index (κ1) is 19.7. The Labute approximate surface area is 148 Å². The van der Waals surface area contributed by atoms with Crippen LogP contribution in [-0.2, 0) is 24.8 Å². The predicted octanol–water partition coefficient (Wildman–Crippen LogP) is 1.08. The highest BCUT2D eigenvalue weighted by atomic mass is 32.2. The molecule has 0 spiro atoms. The van der Waals surface area contributed by atoms with Crippen LogP contribution < -0.4 is 13.8 Å². The lowest BCUT2D eigenvalue weighted by Crippen LogP contribution is -2.34. The number of carbonyl (C=O) groups is 1. The van der Waals surface area contributed by atoms with Crippen LogP contribution in [-0.4, -0.2) is 41.6 Å². The van der Waals surface area contributed by atoms with E-state index in [2.05, 4.69) is 4.72 Å². The molecular weight excluding hydrogens is 368 g/mol. The summed E-state index contributed by atoms with van der Waals surface area (Å²) in [5, 5.41) is 0. The Kier molecular flexibility index (Phi) is 4.92. The number of rotatable bonds is 5. The maximum atomic E-state index is 12.5. The average Bonchev–Trinajstić information content (AvgIpc) is 2.60. The van der Waals surface area contributed by atoms with Crippen LogP contribution in [0.2, 0.25) is 0 Å². The summed E-state index contributed by atoms with van der Waals surface area (Å²) in [6, 6.07) is 3.46. The Hall–Kier alpha value is -1.65. The molecule has 1 amide bonds. The van der Waals surface area contributed by atoms with E-state index in [1.807, 2.05) is 0 Å². The van der Waals surface area contributed by atoms with Crippen LogP contribution in [0.25, 0.3) is 0 Å². The average molecular weight is 390 g/mol. The minimum Gasteiger partial charge on any atom is -0.495 e. The van der Waals surface area contributed by atoms with E-state index in [0.29, 0.717) is 4.31 Å². The second-order valence-electron chi connectivity index (χ2n) is 6.82. The quantitative estimate of drug-likeness (QED) is 0.806. The molecular formula is C15H22N2O6S2. The molecule has 140 valence electrons. The summed E-state index contributed by atoms with van der Waals surface area (Å²) >= 11 is 0. The van der Waals surface area contributed by atoms with Crippen molar-refractivity contribution in [1.82, 2.24) is 4.72 Å². The summed E-state index contributed by atoms with van der Waals surface area (Å²) in [4.78, 5) is 12.3. The molecule has 1 heterocycles. The molecule has 1 fully saturated rings. The third-order valence-electron chi connectivity index (χ3n) is 3.65. The van der Waals surface area contributed by atoms with E-state index >= 15 is 0 Å². The van der Waals surface area contributed by atoms with Crippen molar-refractivity contribution in [3.8, 4) is 5.75 Å². The van der Waals surface area contributed by atoms with Gasteiger partial charge in [0.1, 0.15) is 10.6 Å². The SMILES string of the molecule is COc1ccc(N2C(=O)C(C)(C)CS2(=O)=O)cc1S(=O)(=O)NC(C)C. The molecule has 1 N–H and O–H groups in total. The standard InChI is InChI=1S/C15H22N2O6S2/c1-10(2)16-25(21,22)13-8-11(6-7-12(13)23-5)17-14(18)15(3,4)9-24(17,19)20/h6-8,10,16H,9H2,1-5H3. The fraction of sp³-hybridized carbons (Fsp3) is 0.533. The number of hydrogen-bond donors (Lipinski definition) is 1. The van der Waals surface area contributed by atoms with Crippen LogP contribution in [0.5, 0.6) is 5.75 Å². The highest BCUT2D eigenvalue weighted by Gasteiger charge is 2.50. The van der Waals surface area contributed by atoms with Gasteiger partial charge < -0.3 is 4.74 Å². The highest BCUT2D eigenvalue weighted by molar-refractivity contribution is 7.94. The van der Waals surface area contributed by atoms with Gasteiger partial charge in [0.25, 0.3) is 0 Å². The number of sulfonamides is 2. The molecule has 10 heteroatoms. The van der Waals surface area contributed by atoms with Gasteiger partial charge in [0.05, 0.1) is 24.0 Å². The Balaban J connectivity index is 2.63. The fourth-order valence-electron chi connectivity index (χ4n) is 2.64. The fourth-order valence-corrected chi connectivity index (χ4v) is 6.18. The van der Waals surface area contributed by atoms with Crippen molar-refractivity contribution in [1.29, 1.82) is 0 Å². The van der Waals surface area contributed by atoms with Gasteiger partial charge in [-0.2, -0.15) is 0 Å². The van der Waals surface area contributed by atoms with Crippen LogP contribution >= 0.6 is 0 Å². The lowest BCUT2D eigenvalue weighted by Gasteiger charge is -2.20. The normalized spacial score (nSPS) is 19.4. The molecule has 1 aliphatic heterocycles. The third kappa shape index (κ3) is 3.65. The molecule has 1 aromatic carbocycles. The van der Waals surface area contributed by atoms with Gasteiger partial charge in [0, 0.05) is 6.04 Å². The summed E-state index contributed by atoms with van der Waals surface area (Å²) in [5.41, 5.74) is -1.10. The molecule has 0 bridgehead atoms. The number of carbonyl (C=O) groups excluding carboxylic acids is 1. The van der Waals surface area contributed by atoms with Crippen molar-refractivity contribution in [3.63, 3.8) is 0 Å². The maximum Gasteiger partial charge on any atom is 0.247 e. The first-order chi connectivity index (χ1) is 11.3. The smallest absolute Gasteiger partial charge is 0.247 e. The molecule has 0 aliphatic carbocycles. The zero-order valence-corrected chi connectivity index (χ0v) is 16.4. The van der Waals surface area contributed by atoms with E-state index in [-0.39, 0.29) is 28.1 Å². The van der Waals surface area contributed by atoms with Gasteiger partial charge >= 0.3 is 0 Å². The molecule has 8 nitrogen and oxygen atoms in total. The van der Waals surface area contributed by atoms with Crippen molar-refractivity contribution in [2.45, 2.75) is 38.6 Å². The maximum absolute atomic E-state index is 12.5. The lowest BCUT2D eigenvalue weighted by molar-refractivity contribution is -0.123. The van der Waals surface area contributed by atoms with E-state index in [9.17, 15) is 21.6 Å². The van der Waals surface area contributed by atoms with Gasteiger partial charge in [0.2, 0.25) is 26.0 Å². The zero-order chi connectivity index (χ0) is 19.2. The second-order valence-corrected chi connectivity index (χ2v) is 10.3. The monoisotopic (exact) mass is 390 g/mol. The van der Waals surface area contributed by atoms with Crippen LogP contribution in [0.3, 0.4) is 0 Å². The highest BCUT2D eigenvalue weighted by Crippen LogP contribution is 2.38.